The Morgan fingerprint density at radius 3 is 2.32 bits per heavy atom. The molecule has 0 radical (unpaired) electrons. The van der Waals surface area contributed by atoms with Gasteiger partial charge in [-0.05, 0) is 35.4 Å². The number of nitrogens with zero attached hydrogens (tertiary/aromatic N) is 2. The number of aliphatic hydroxyl groups is 1. The van der Waals surface area contributed by atoms with Crippen LogP contribution in [-0.4, -0.2) is 35.9 Å². The topological polar surface area (TPSA) is 103 Å². The third-order valence-corrected chi connectivity index (χ3v) is 4.72. The van der Waals surface area contributed by atoms with Gasteiger partial charge < -0.3 is 25.6 Å². The molecule has 0 spiro atoms. The number of aliphatic hydroxyl groups excluding tert-OH is 1. The fourth-order valence-corrected chi connectivity index (χ4v) is 3.14. The Morgan fingerprint density at radius 1 is 1.06 bits per heavy atom. The van der Waals surface area contributed by atoms with E-state index in [1.807, 2.05) is 48.5 Å². The summed E-state index contributed by atoms with van der Waals surface area (Å²) >= 11 is 6.23. The average molecular weight is 439 g/mol. The summed E-state index contributed by atoms with van der Waals surface area (Å²) in [6, 6.07) is 15.5. The minimum absolute atomic E-state index is 0.00866. The zero-order valence-corrected chi connectivity index (χ0v) is 18.0. The van der Waals surface area contributed by atoms with Crippen LogP contribution in [0.2, 0.25) is 5.15 Å². The maximum Gasteiger partial charge on any atom is 0.223 e. The van der Waals surface area contributed by atoms with Crippen molar-refractivity contribution in [1.82, 2.24) is 9.97 Å². The minimum Gasteiger partial charge on any atom is -0.497 e. The fourth-order valence-electron chi connectivity index (χ4n) is 2.86. The lowest BCUT2D eigenvalue weighted by molar-refractivity contribution is 0.205. The molecular formula is C23H23ClN4O3. The van der Waals surface area contributed by atoms with Gasteiger partial charge >= 0.3 is 0 Å². The Labute approximate surface area is 186 Å². The first-order valence-electron chi connectivity index (χ1n) is 9.51. The zero-order valence-electron chi connectivity index (χ0n) is 17.2. The molecule has 0 saturated heterocycles. The number of ether oxygens (including phenoxy) is 2. The number of nitrogens with two attached hydrogens (primary N) is 1. The highest BCUT2D eigenvalue weighted by Gasteiger charge is 2.19. The van der Waals surface area contributed by atoms with Crippen LogP contribution in [0.15, 0.2) is 48.5 Å². The highest BCUT2D eigenvalue weighted by atomic mass is 35.5. The zero-order chi connectivity index (χ0) is 22.2. The Hall–Kier alpha value is -3.31. The number of halogens is 1. The number of hydrogen-bond acceptors (Lipinski definition) is 7. The van der Waals surface area contributed by atoms with Crippen molar-refractivity contribution in [1.29, 1.82) is 0 Å². The van der Waals surface area contributed by atoms with Crippen LogP contribution < -0.4 is 15.8 Å². The summed E-state index contributed by atoms with van der Waals surface area (Å²) in [4.78, 5) is 8.14. The lowest BCUT2D eigenvalue weighted by Crippen LogP contribution is -2.08. The Morgan fingerprint density at radius 2 is 1.71 bits per heavy atom. The third-order valence-electron chi connectivity index (χ3n) is 4.43. The quantitative estimate of drug-likeness (QED) is 0.288. The van der Waals surface area contributed by atoms with Crippen LogP contribution in [0.5, 0.6) is 5.75 Å². The van der Waals surface area contributed by atoms with Gasteiger partial charge in [0.1, 0.15) is 22.8 Å². The molecule has 8 heteroatoms. The summed E-state index contributed by atoms with van der Waals surface area (Å²) in [5.74, 6) is 6.66. The largest absolute Gasteiger partial charge is 0.497 e. The molecule has 0 amide bonds. The number of nitrogens with one attached hydrogen (secondary N) is 1. The number of rotatable bonds is 7. The summed E-state index contributed by atoms with van der Waals surface area (Å²) in [7, 11) is 3.22. The van der Waals surface area contributed by atoms with E-state index in [2.05, 4.69) is 27.1 Å². The predicted octanol–water partition coefficient (Wildman–Crippen LogP) is 4.20. The SMILES string of the molecule is COCCC#CC(O)c1c(Cl)nc(N)nc1Nc1ccc(-c2ccc(OC)cc2)cc1. The molecule has 31 heavy (non-hydrogen) atoms. The molecule has 2 aromatic carbocycles. The van der Waals surface area contributed by atoms with E-state index in [-0.39, 0.29) is 16.7 Å². The second-order valence-corrected chi connectivity index (χ2v) is 6.89. The molecule has 1 atom stereocenters. The van der Waals surface area contributed by atoms with Gasteiger partial charge in [0.15, 0.2) is 0 Å². The molecule has 0 bridgehead atoms. The van der Waals surface area contributed by atoms with Crippen molar-refractivity contribution in [2.75, 3.05) is 31.9 Å². The predicted molar refractivity (Wildman–Crippen MR) is 122 cm³/mol. The van der Waals surface area contributed by atoms with Crippen LogP contribution in [0.1, 0.15) is 18.1 Å². The van der Waals surface area contributed by atoms with Crippen molar-refractivity contribution in [3.63, 3.8) is 0 Å². The van der Waals surface area contributed by atoms with Crippen LogP contribution >= 0.6 is 11.6 Å². The number of hydrogen-bond donors (Lipinski definition) is 3. The van der Waals surface area contributed by atoms with Crippen molar-refractivity contribution in [3.8, 4) is 28.7 Å². The second kappa shape index (κ2) is 10.6. The van der Waals surface area contributed by atoms with Crippen molar-refractivity contribution in [2.24, 2.45) is 0 Å². The van der Waals surface area contributed by atoms with E-state index < -0.39 is 6.10 Å². The molecule has 0 saturated carbocycles. The molecule has 160 valence electrons. The third kappa shape index (κ3) is 5.86. The first-order valence-corrected chi connectivity index (χ1v) is 9.89. The maximum absolute atomic E-state index is 10.5. The molecule has 4 N–H and O–H groups in total. The minimum atomic E-state index is -1.17. The van der Waals surface area contributed by atoms with E-state index >= 15 is 0 Å². The lowest BCUT2D eigenvalue weighted by Gasteiger charge is -2.15. The smallest absolute Gasteiger partial charge is 0.223 e. The van der Waals surface area contributed by atoms with Gasteiger partial charge in [-0.25, -0.2) is 4.98 Å². The Kier molecular flexibility index (Phi) is 7.68. The van der Waals surface area contributed by atoms with Gasteiger partial charge in [-0.1, -0.05) is 47.7 Å². The second-order valence-electron chi connectivity index (χ2n) is 6.53. The summed E-state index contributed by atoms with van der Waals surface area (Å²) in [6.07, 6.45) is -0.692. The van der Waals surface area contributed by atoms with Crippen molar-refractivity contribution in [3.05, 3.63) is 59.2 Å². The number of nitrogen functional groups attached to an aromatic ring is 1. The van der Waals surface area contributed by atoms with E-state index in [0.717, 1.165) is 22.6 Å². The molecule has 0 aliphatic rings. The first-order chi connectivity index (χ1) is 15.0. The van der Waals surface area contributed by atoms with E-state index in [1.165, 1.54) is 0 Å². The average Bonchev–Trinajstić information content (AvgIpc) is 2.77. The standard InChI is InChI=1S/C23H23ClN4O3/c1-30-14-4-3-5-19(29)20-21(24)27-23(25)28-22(20)26-17-10-6-15(7-11-17)16-8-12-18(31-2)13-9-16/h6-13,19,29H,4,14H2,1-2H3,(H3,25,26,27,28). The maximum atomic E-state index is 10.5. The Bertz CT molecular complexity index is 1080. The van der Waals surface area contributed by atoms with Gasteiger partial charge in [0.25, 0.3) is 0 Å². The van der Waals surface area contributed by atoms with Crippen molar-refractivity contribution >= 4 is 29.1 Å². The van der Waals surface area contributed by atoms with E-state index in [0.29, 0.717) is 18.8 Å². The van der Waals surface area contributed by atoms with Crippen molar-refractivity contribution < 1.29 is 14.6 Å². The normalized spacial score (nSPS) is 11.4. The van der Waals surface area contributed by atoms with Crippen LogP contribution in [0.4, 0.5) is 17.5 Å². The van der Waals surface area contributed by atoms with Gasteiger partial charge in [-0.2, -0.15) is 4.98 Å². The van der Waals surface area contributed by atoms with Gasteiger partial charge in [0.2, 0.25) is 5.95 Å². The molecule has 3 rings (SSSR count). The van der Waals surface area contributed by atoms with Crippen LogP contribution in [0.25, 0.3) is 11.1 Å². The summed E-state index contributed by atoms with van der Waals surface area (Å²) in [5, 5.41) is 13.7. The molecule has 0 aliphatic heterocycles. The molecule has 1 unspecified atom stereocenters. The highest BCUT2D eigenvalue weighted by molar-refractivity contribution is 6.30. The lowest BCUT2D eigenvalue weighted by atomic mass is 10.1. The highest BCUT2D eigenvalue weighted by Crippen LogP contribution is 2.31. The van der Waals surface area contributed by atoms with Gasteiger partial charge in [0.05, 0.1) is 19.3 Å². The molecule has 7 nitrogen and oxygen atoms in total. The molecular weight excluding hydrogens is 416 g/mol. The van der Waals surface area contributed by atoms with E-state index in [4.69, 9.17) is 26.8 Å². The number of anilines is 3. The summed E-state index contributed by atoms with van der Waals surface area (Å²) < 4.78 is 10.2. The van der Waals surface area contributed by atoms with E-state index in [9.17, 15) is 5.11 Å². The molecule has 0 fully saturated rings. The van der Waals surface area contributed by atoms with E-state index in [1.54, 1.807) is 14.2 Å². The molecule has 1 heterocycles. The molecule has 1 aromatic heterocycles. The van der Waals surface area contributed by atoms with Gasteiger partial charge in [-0.3, -0.25) is 0 Å². The Balaban J connectivity index is 1.83. The van der Waals surface area contributed by atoms with Gasteiger partial charge in [0, 0.05) is 19.2 Å². The number of benzene rings is 2. The molecule has 0 aliphatic carbocycles. The summed E-state index contributed by atoms with van der Waals surface area (Å²) in [5.41, 5.74) is 8.86. The van der Waals surface area contributed by atoms with Crippen molar-refractivity contribution in [2.45, 2.75) is 12.5 Å². The first kappa shape index (κ1) is 22.4. The number of aromatic nitrogens is 2. The van der Waals surface area contributed by atoms with Crippen LogP contribution in [0.3, 0.4) is 0 Å². The number of methoxy groups -OCH3 is 2. The van der Waals surface area contributed by atoms with Gasteiger partial charge in [-0.15, -0.1) is 0 Å². The summed E-state index contributed by atoms with van der Waals surface area (Å²) in [6.45, 7) is 0.470. The van der Waals surface area contributed by atoms with Crippen LogP contribution in [0, 0.1) is 11.8 Å². The molecule has 3 aromatic rings. The fraction of sp³-hybridized carbons (Fsp3) is 0.217. The van der Waals surface area contributed by atoms with Crippen LogP contribution in [-0.2, 0) is 4.74 Å². The monoisotopic (exact) mass is 438 g/mol.